The molecule has 3 nitrogen and oxygen atoms in total. The van der Waals surface area contributed by atoms with Crippen LogP contribution in [0, 0.1) is 0 Å². The van der Waals surface area contributed by atoms with Crippen molar-refractivity contribution in [3.63, 3.8) is 0 Å². The molecule has 20 heavy (non-hydrogen) atoms. The zero-order valence-electron chi connectivity index (χ0n) is 10.8. The molecule has 2 N–H and O–H groups in total. The van der Waals surface area contributed by atoms with Gasteiger partial charge in [0.1, 0.15) is 5.04 Å². The number of hydrogen-bond donors (Lipinski definition) is 1. The van der Waals surface area contributed by atoms with Gasteiger partial charge in [0.05, 0.1) is 12.2 Å². The van der Waals surface area contributed by atoms with Crippen molar-refractivity contribution in [2.75, 3.05) is 6.54 Å². The Morgan fingerprint density at radius 2 is 2.15 bits per heavy atom. The summed E-state index contributed by atoms with van der Waals surface area (Å²) in [4.78, 5) is 10.2. The molecule has 0 spiro atoms. The van der Waals surface area contributed by atoms with E-state index in [1.54, 1.807) is 11.8 Å². The van der Waals surface area contributed by atoms with Crippen LogP contribution in [-0.4, -0.2) is 16.6 Å². The first-order valence-electron chi connectivity index (χ1n) is 6.42. The van der Waals surface area contributed by atoms with Gasteiger partial charge in [-0.3, -0.25) is 9.98 Å². The van der Waals surface area contributed by atoms with E-state index in [0.29, 0.717) is 13.1 Å². The van der Waals surface area contributed by atoms with E-state index in [1.165, 1.54) is 11.1 Å². The van der Waals surface area contributed by atoms with Gasteiger partial charge in [0.15, 0.2) is 0 Å². The number of hydrogen-bond acceptors (Lipinski definition) is 4. The summed E-state index contributed by atoms with van der Waals surface area (Å²) in [7, 11) is 0. The zero-order chi connectivity index (χ0) is 13.9. The molecule has 102 valence electrons. The topological polar surface area (TPSA) is 51.3 Å². The molecule has 1 aromatic heterocycles. The van der Waals surface area contributed by atoms with Crippen molar-refractivity contribution in [3.05, 3.63) is 58.4 Å². The third-order valence-corrected chi connectivity index (χ3v) is 4.47. The van der Waals surface area contributed by atoms with Crippen molar-refractivity contribution >= 4 is 28.4 Å². The van der Waals surface area contributed by atoms with Crippen molar-refractivity contribution in [1.29, 1.82) is 0 Å². The Hall–Kier alpha value is -1.36. The monoisotopic (exact) mass is 303 g/mol. The Kier molecular flexibility index (Phi) is 4.05. The number of halogens is 1. The lowest BCUT2D eigenvalue weighted by Gasteiger charge is -2.15. The van der Waals surface area contributed by atoms with E-state index in [0.717, 1.165) is 27.1 Å². The van der Waals surface area contributed by atoms with Gasteiger partial charge in [-0.15, -0.1) is 0 Å². The first kappa shape index (κ1) is 13.6. The van der Waals surface area contributed by atoms with Gasteiger partial charge in [0.2, 0.25) is 0 Å². The van der Waals surface area contributed by atoms with Gasteiger partial charge >= 0.3 is 0 Å². The molecule has 2 aromatic rings. The van der Waals surface area contributed by atoms with Crippen LogP contribution in [0.5, 0.6) is 0 Å². The molecule has 5 heteroatoms. The maximum Gasteiger partial charge on any atom is 0.121 e. The van der Waals surface area contributed by atoms with Crippen LogP contribution < -0.4 is 5.73 Å². The first-order valence-corrected chi connectivity index (χ1v) is 7.62. The Balaban J connectivity index is 1.89. The average Bonchev–Trinajstić information content (AvgIpc) is 2.47. The lowest BCUT2D eigenvalue weighted by molar-refractivity contribution is 0.962. The quantitative estimate of drug-likeness (QED) is 0.946. The van der Waals surface area contributed by atoms with E-state index in [2.05, 4.69) is 16.0 Å². The minimum Gasteiger partial charge on any atom is -0.330 e. The Morgan fingerprint density at radius 1 is 1.25 bits per heavy atom. The number of aliphatic imine (C=N–C) groups is 1. The molecular weight excluding hydrogens is 290 g/mol. The molecule has 3 rings (SSSR count). The Labute approximate surface area is 127 Å². The second-order valence-electron chi connectivity index (χ2n) is 4.56. The third kappa shape index (κ3) is 2.87. The summed E-state index contributed by atoms with van der Waals surface area (Å²) in [6, 6.07) is 9.98. The van der Waals surface area contributed by atoms with Crippen molar-refractivity contribution < 1.29 is 0 Å². The van der Waals surface area contributed by atoms with E-state index in [9.17, 15) is 0 Å². The molecule has 1 aliphatic rings. The molecule has 1 aliphatic heterocycles. The Morgan fingerprint density at radius 3 is 3.00 bits per heavy atom. The molecular formula is C15H14ClN3S. The van der Waals surface area contributed by atoms with Crippen LogP contribution in [0.2, 0.25) is 5.02 Å². The number of thioether (sulfide) groups is 1. The average molecular weight is 304 g/mol. The summed E-state index contributed by atoms with van der Waals surface area (Å²) in [5, 5.41) is 1.70. The fourth-order valence-corrected chi connectivity index (χ4v) is 3.33. The fraction of sp³-hybridized carbons (Fsp3) is 0.200. The lowest BCUT2D eigenvalue weighted by Crippen LogP contribution is -2.08. The molecule has 0 radical (unpaired) electrons. The van der Waals surface area contributed by atoms with Gasteiger partial charge < -0.3 is 5.73 Å². The normalized spacial score (nSPS) is 13.8. The number of nitrogens with zero attached hydrogens (tertiary/aromatic N) is 2. The summed E-state index contributed by atoms with van der Waals surface area (Å²) in [5.74, 6) is 0. The van der Waals surface area contributed by atoms with Gasteiger partial charge in [-0.1, -0.05) is 29.4 Å². The highest BCUT2D eigenvalue weighted by molar-refractivity contribution is 8.14. The number of benzene rings is 1. The highest BCUT2D eigenvalue weighted by Crippen LogP contribution is 2.33. The van der Waals surface area contributed by atoms with Crippen LogP contribution in [0.4, 0.5) is 0 Å². The van der Waals surface area contributed by atoms with Crippen LogP contribution >= 0.6 is 23.4 Å². The van der Waals surface area contributed by atoms with Gasteiger partial charge in [-0.25, -0.2) is 0 Å². The van der Waals surface area contributed by atoms with Crippen LogP contribution in [0.25, 0.3) is 0 Å². The first-order chi connectivity index (χ1) is 9.76. The van der Waals surface area contributed by atoms with E-state index >= 15 is 0 Å². The lowest BCUT2D eigenvalue weighted by atomic mass is 10.1. The van der Waals surface area contributed by atoms with Crippen LogP contribution in [0.15, 0.2) is 46.4 Å². The summed E-state index contributed by atoms with van der Waals surface area (Å²) >= 11 is 7.68. The van der Waals surface area contributed by atoms with Crippen molar-refractivity contribution in [3.8, 4) is 0 Å². The van der Waals surface area contributed by atoms with E-state index in [4.69, 9.17) is 17.3 Å². The number of pyridine rings is 1. The minimum absolute atomic E-state index is 0.640. The van der Waals surface area contributed by atoms with Crippen LogP contribution in [0.1, 0.15) is 16.8 Å². The van der Waals surface area contributed by atoms with Gasteiger partial charge in [-0.2, -0.15) is 0 Å². The molecule has 0 atom stereocenters. The predicted octanol–water partition coefficient (Wildman–Crippen LogP) is 3.29. The van der Waals surface area contributed by atoms with Crippen LogP contribution in [-0.2, 0) is 13.0 Å². The smallest absolute Gasteiger partial charge is 0.121 e. The van der Waals surface area contributed by atoms with E-state index in [-0.39, 0.29) is 0 Å². The predicted molar refractivity (Wildman–Crippen MR) is 84.5 cm³/mol. The fourth-order valence-electron chi connectivity index (χ4n) is 2.09. The summed E-state index contributed by atoms with van der Waals surface area (Å²) in [6.45, 7) is 1.32. The van der Waals surface area contributed by atoms with Crippen molar-refractivity contribution in [1.82, 2.24) is 4.98 Å². The van der Waals surface area contributed by atoms with E-state index < -0.39 is 0 Å². The molecule has 0 saturated heterocycles. The number of aromatic nitrogens is 1. The molecule has 0 fully saturated rings. The molecule has 1 aromatic carbocycles. The molecule has 0 unspecified atom stereocenters. The second kappa shape index (κ2) is 5.95. The van der Waals surface area contributed by atoms with Gasteiger partial charge in [-0.05, 0) is 48.4 Å². The zero-order valence-corrected chi connectivity index (χ0v) is 12.4. The molecule has 0 aliphatic carbocycles. The maximum absolute atomic E-state index is 6.05. The van der Waals surface area contributed by atoms with Crippen molar-refractivity contribution in [2.45, 2.75) is 17.9 Å². The Bertz CT molecular complexity index is 670. The van der Waals surface area contributed by atoms with Gasteiger partial charge in [0.25, 0.3) is 0 Å². The SMILES string of the molecule is NCCc1ccnc(C2=NCc3ccc(Cl)cc3S2)c1. The minimum atomic E-state index is 0.640. The van der Waals surface area contributed by atoms with Crippen LogP contribution in [0.3, 0.4) is 0 Å². The largest absolute Gasteiger partial charge is 0.330 e. The van der Waals surface area contributed by atoms with Gasteiger partial charge in [0, 0.05) is 16.1 Å². The molecule has 0 saturated carbocycles. The molecule has 2 heterocycles. The highest BCUT2D eigenvalue weighted by Gasteiger charge is 2.16. The summed E-state index contributed by atoms with van der Waals surface area (Å²) < 4.78 is 0. The number of nitrogens with two attached hydrogens (primary N) is 1. The summed E-state index contributed by atoms with van der Waals surface area (Å²) in [6.07, 6.45) is 2.67. The highest BCUT2D eigenvalue weighted by atomic mass is 35.5. The van der Waals surface area contributed by atoms with Crippen molar-refractivity contribution in [2.24, 2.45) is 10.7 Å². The van der Waals surface area contributed by atoms with E-state index in [1.807, 2.05) is 30.5 Å². The number of fused-ring (bicyclic) bond motifs is 1. The standard InChI is InChI=1S/C15H14ClN3S/c16-12-2-1-11-9-19-15(20-14(11)8-12)13-7-10(3-5-17)4-6-18-13/h1-2,4,6-8H,3,5,9,17H2. The number of rotatable bonds is 3. The second-order valence-corrected chi connectivity index (χ2v) is 6.03. The molecule has 0 bridgehead atoms. The molecule has 0 amide bonds. The maximum atomic E-state index is 6.05. The third-order valence-electron chi connectivity index (χ3n) is 3.11. The summed E-state index contributed by atoms with van der Waals surface area (Å²) in [5.41, 5.74) is 8.91.